The molecule has 0 bridgehead atoms. The Balaban J connectivity index is 2.45. The van der Waals surface area contributed by atoms with E-state index in [1.54, 1.807) is 18.2 Å². The van der Waals surface area contributed by atoms with Crippen LogP contribution in [-0.4, -0.2) is 29.4 Å². The maximum atomic E-state index is 11.4. The highest BCUT2D eigenvalue weighted by Crippen LogP contribution is 2.44. The molecule has 3 N–H and O–H groups in total. The molecule has 0 saturated carbocycles. The Bertz CT molecular complexity index is 679. The minimum Gasteiger partial charge on any atom is -0.501 e. The second-order valence-corrected chi connectivity index (χ2v) is 5.69. The normalized spacial score (nSPS) is 11.4. The second kappa shape index (κ2) is 4.81. The number of aromatic nitrogens is 1. The van der Waals surface area contributed by atoms with E-state index in [0.717, 1.165) is 0 Å². The van der Waals surface area contributed by atoms with Crippen LogP contribution >= 0.6 is 0 Å². The van der Waals surface area contributed by atoms with Crippen LogP contribution in [-0.2, 0) is 10.0 Å². The third-order valence-corrected chi connectivity index (χ3v) is 3.64. The van der Waals surface area contributed by atoms with Gasteiger partial charge in [0.05, 0.1) is 5.75 Å². The Labute approximate surface area is 109 Å². The molecule has 2 heterocycles. The van der Waals surface area contributed by atoms with E-state index in [-0.39, 0.29) is 17.2 Å². The molecule has 19 heavy (non-hydrogen) atoms. The van der Waals surface area contributed by atoms with Crippen LogP contribution in [0.4, 0.5) is 5.88 Å². The minimum absolute atomic E-state index is 0.105. The van der Waals surface area contributed by atoms with Crippen molar-refractivity contribution in [2.45, 2.75) is 6.92 Å². The third kappa shape index (κ3) is 2.63. The van der Waals surface area contributed by atoms with Crippen LogP contribution in [0.15, 0.2) is 28.8 Å². The first-order chi connectivity index (χ1) is 8.94. The number of nitrogens with one attached hydrogen (secondary N) is 1. The zero-order valence-electron chi connectivity index (χ0n) is 9.99. The van der Waals surface area contributed by atoms with E-state index >= 15 is 0 Å². The number of furan rings is 1. The lowest BCUT2D eigenvalue weighted by Crippen LogP contribution is -2.14. The molecule has 0 aliphatic rings. The van der Waals surface area contributed by atoms with Crippen LogP contribution in [0, 0.1) is 0 Å². The summed E-state index contributed by atoms with van der Waals surface area (Å²) in [6, 6.07) is 4.89. The average Bonchev–Trinajstić information content (AvgIpc) is 2.68. The molecule has 0 atom stereocenters. The largest absolute Gasteiger partial charge is 0.501 e. The quantitative estimate of drug-likeness (QED) is 0.784. The molecule has 102 valence electrons. The molecule has 7 nitrogen and oxygen atoms in total. The van der Waals surface area contributed by atoms with Crippen molar-refractivity contribution in [1.82, 2.24) is 4.98 Å². The zero-order valence-corrected chi connectivity index (χ0v) is 10.8. The van der Waals surface area contributed by atoms with Gasteiger partial charge in [0.15, 0.2) is 0 Å². The van der Waals surface area contributed by atoms with Crippen molar-refractivity contribution in [2.75, 3.05) is 10.5 Å². The third-order valence-electron chi connectivity index (χ3n) is 2.38. The molecular weight excluding hydrogens is 272 g/mol. The summed E-state index contributed by atoms with van der Waals surface area (Å²) in [5, 5.41) is 19.4. The molecule has 0 fully saturated rings. The van der Waals surface area contributed by atoms with Crippen LogP contribution in [0.2, 0.25) is 0 Å². The molecule has 2 aromatic rings. The Morgan fingerprint density at radius 1 is 1.32 bits per heavy atom. The number of hydrogen-bond donors (Lipinski definition) is 3. The van der Waals surface area contributed by atoms with Gasteiger partial charge in [0.25, 0.3) is 5.88 Å². The molecule has 8 heteroatoms. The molecule has 0 aromatic carbocycles. The summed E-state index contributed by atoms with van der Waals surface area (Å²) >= 11 is 0. The summed E-state index contributed by atoms with van der Waals surface area (Å²) in [4.78, 5) is 3.94. The van der Waals surface area contributed by atoms with Gasteiger partial charge in [0.2, 0.25) is 27.3 Å². The first-order valence-corrected chi connectivity index (χ1v) is 7.06. The van der Waals surface area contributed by atoms with Crippen LogP contribution in [0.3, 0.4) is 0 Å². The van der Waals surface area contributed by atoms with Gasteiger partial charge in [0.1, 0.15) is 5.69 Å². The Morgan fingerprint density at radius 3 is 2.63 bits per heavy atom. The van der Waals surface area contributed by atoms with Crippen molar-refractivity contribution >= 4 is 15.9 Å². The highest BCUT2D eigenvalue weighted by molar-refractivity contribution is 7.92. The Morgan fingerprint density at radius 2 is 2.05 bits per heavy atom. The number of rotatable bonds is 4. The molecule has 2 rings (SSSR count). The number of nitrogens with zero attached hydrogens (tertiary/aromatic N) is 1. The van der Waals surface area contributed by atoms with Crippen molar-refractivity contribution in [3.63, 3.8) is 0 Å². The van der Waals surface area contributed by atoms with Gasteiger partial charge in [-0.1, -0.05) is 6.07 Å². The summed E-state index contributed by atoms with van der Waals surface area (Å²) in [5.74, 6) is -1.95. The molecule has 0 radical (unpaired) electrons. The topological polar surface area (TPSA) is 113 Å². The predicted molar refractivity (Wildman–Crippen MR) is 68.4 cm³/mol. The van der Waals surface area contributed by atoms with Gasteiger partial charge in [-0.25, -0.2) is 13.1 Å². The summed E-state index contributed by atoms with van der Waals surface area (Å²) in [7, 11) is -3.62. The Kier molecular flexibility index (Phi) is 3.34. The van der Waals surface area contributed by atoms with Crippen molar-refractivity contribution in [2.24, 2.45) is 0 Å². The Hall–Kier alpha value is -2.22. The minimum atomic E-state index is -3.62. The monoisotopic (exact) mass is 284 g/mol. The second-order valence-electron chi connectivity index (χ2n) is 3.68. The van der Waals surface area contributed by atoms with Gasteiger partial charge in [-0.05, 0) is 19.1 Å². The van der Waals surface area contributed by atoms with Gasteiger partial charge in [0, 0.05) is 6.20 Å². The smallest absolute Gasteiger partial charge is 0.253 e. The van der Waals surface area contributed by atoms with Crippen LogP contribution in [0.5, 0.6) is 11.5 Å². The molecule has 0 saturated heterocycles. The zero-order chi connectivity index (χ0) is 14.0. The number of aromatic hydroxyl groups is 2. The van der Waals surface area contributed by atoms with E-state index in [4.69, 9.17) is 4.42 Å². The number of pyridine rings is 1. The average molecular weight is 284 g/mol. The highest BCUT2D eigenvalue weighted by Gasteiger charge is 2.24. The fourth-order valence-electron chi connectivity index (χ4n) is 1.37. The number of anilines is 1. The standard InChI is InChI=1S/C11H12N2O5S/c1-2-19(16,17)13-11-9(15)8(14)10(18-11)7-5-3-4-6-12-7/h3-6,13-15H,2H2,1H3. The van der Waals surface area contributed by atoms with E-state index < -0.39 is 27.4 Å². The van der Waals surface area contributed by atoms with E-state index in [0.29, 0.717) is 0 Å². The lowest BCUT2D eigenvalue weighted by molar-refractivity contribution is 0.410. The molecule has 0 aliphatic heterocycles. The fourth-order valence-corrected chi connectivity index (χ4v) is 1.93. The fraction of sp³-hybridized carbons (Fsp3) is 0.182. The van der Waals surface area contributed by atoms with Crippen LogP contribution in [0.25, 0.3) is 11.5 Å². The molecule has 0 amide bonds. The van der Waals surface area contributed by atoms with Gasteiger partial charge >= 0.3 is 0 Å². The molecule has 2 aromatic heterocycles. The summed E-state index contributed by atoms with van der Waals surface area (Å²) in [5.41, 5.74) is 0.275. The SMILES string of the molecule is CCS(=O)(=O)Nc1oc(-c2ccccn2)c(O)c1O. The van der Waals surface area contributed by atoms with Gasteiger partial charge < -0.3 is 14.6 Å². The molecule has 0 aliphatic carbocycles. The van der Waals surface area contributed by atoms with Crippen LogP contribution in [0.1, 0.15) is 6.92 Å². The first kappa shape index (κ1) is 13.2. The van der Waals surface area contributed by atoms with Crippen molar-refractivity contribution in [1.29, 1.82) is 0 Å². The number of hydrogen-bond acceptors (Lipinski definition) is 6. The lowest BCUT2D eigenvalue weighted by Gasteiger charge is -2.01. The molecule has 0 unspecified atom stereocenters. The van der Waals surface area contributed by atoms with Gasteiger partial charge in [-0.15, -0.1) is 0 Å². The van der Waals surface area contributed by atoms with Gasteiger partial charge in [-0.2, -0.15) is 0 Å². The van der Waals surface area contributed by atoms with E-state index in [9.17, 15) is 18.6 Å². The van der Waals surface area contributed by atoms with E-state index in [2.05, 4.69) is 4.98 Å². The van der Waals surface area contributed by atoms with E-state index in [1.165, 1.54) is 13.1 Å². The summed E-state index contributed by atoms with van der Waals surface area (Å²) < 4.78 is 29.9. The lowest BCUT2D eigenvalue weighted by atomic mass is 10.3. The van der Waals surface area contributed by atoms with Crippen LogP contribution < -0.4 is 4.72 Å². The first-order valence-electron chi connectivity index (χ1n) is 5.41. The predicted octanol–water partition coefficient (Wildman–Crippen LogP) is 1.51. The maximum Gasteiger partial charge on any atom is 0.253 e. The van der Waals surface area contributed by atoms with Crippen molar-refractivity contribution in [3.8, 4) is 23.0 Å². The molecule has 0 spiro atoms. The van der Waals surface area contributed by atoms with E-state index in [1.807, 2.05) is 4.72 Å². The molecular formula is C11H12N2O5S. The van der Waals surface area contributed by atoms with Gasteiger partial charge in [-0.3, -0.25) is 4.98 Å². The summed E-state index contributed by atoms with van der Waals surface area (Å²) in [6.45, 7) is 1.43. The highest BCUT2D eigenvalue weighted by atomic mass is 32.2. The summed E-state index contributed by atoms with van der Waals surface area (Å²) in [6.07, 6.45) is 1.48. The van der Waals surface area contributed by atoms with Crippen molar-refractivity contribution in [3.05, 3.63) is 24.4 Å². The maximum absolute atomic E-state index is 11.4. The number of sulfonamides is 1. The van der Waals surface area contributed by atoms with Crippen molar-refractivity contribution < 1.29 is 23.0 Å².